The van der Waals surface area contributed by atoms with Crippen LogP contribution in [0.15, 0.2) is 9.95 Å². The summed E-state index contributed by atoms with van der Waals surface area (Å²) in [5.41, 5.74) is -0.831. The molecule has 0 amide bonds. The van der Waals surface area contributed by atoms with Crippen LogP contribution in [0.25, 0.3) is 0 Å². The zero-order valence-electron chi connectivity index (χ0n) is 12.3. The number of aromatic nitrogens is 3. The van der Waals surface area contributed by atoms with E-state index in [2.05, 4.69) is 10.2 Å². The first kappa shape index (κ1) is 16.8. The first-order valence-corrected chi connectivity index (χ1v) is 7.88. The smallest absolute Gasteiger partial charge is 0.343 e. The quantitative estimate of drug-likeness (QED) is 0.540. The summed E-state index contributed by atoms with van der Waals surface area (Å²) in [6.45, 7) is 6.18. The Morgan fingerprint density at radius 3 is 2.75 bits per heavy atom. The van der Waals surface area contributed by atoms with Gasteiger partial charge in [-0.05, 0) is 33.1 Å². The summed E-state index contributed by atoms with van der Waals surface area (Å²) in [7, 11) is 0. The molecule has 20 heavy (non-hydrogen) atoms. The second-order valence-corrected chi connectivity index (χ2v) is 6.52. The van der Waals surface area contributed by atoms with Crippen molar-refractivity contribution in [2.45, 2.75) is 58.2 Å². The fourth-order valence-corrected chi connectivity index (χ4v) is 2.74. The molecule has 0 saturated carbocycles. The van der Waals surface area contributed by atoms with Crippen molar-refractivity contribution in [3.63, 3.8) is 0 Å². The van der Waals surface area contributed by atoms with Gasteiger partial charge in [0.15, 0.2) is 5.16 Å². The number of H-pyrrole nitrogens is 1. The third-order valence-electron chi connectivity index (χ3n) is 3.18. The van der Waals surface area contributed by atoms with Crippen molar-refractivity contribution in [1.29, 1.82) is 0 Å². The van der Waals surface area contributed by atoms with Gasteiger partial charge in [0.2, 0.25) is 0 Å². The highest BCUT2D eigenvalue weighted by Gasteiger charge is 2.25. The number of aliphatic carboxylic acids is 1. The number of carbonyl (C=O) groups is 1. The largest absolute Gasteiger partial charge is 0.481 e. The molecule has 0 aliphatic heterocycles. The summed E-state index contributed by atoms with van der Waals surface area (Å²) in [4.78, 5) is 22.5. The van der Waals surface area contributed by atoms with Crippen LogP contribution in [0.4, 0.5) is 0 Å². The normalized spacial score (nSPS) is 11.8. The van der Waals surface area contributed by atoms with Gasteiger partial charge in [0.05, 0.1) is 5.41 Å². The molecule has 0 aliphatic carbocycles. The third kappa shape index (κ3) is 4.70. The molecule has 1 aromatic rings. The van der Waals surface area contributed by atoms with Gasteiger partial charge < -0.3 is 5.11 Å². The molecule has 0 unspecified atom stereocenters. The Morgan fingerprint density at radius 2 is 2.15 bits per heavy atom. The Bertz CT molecular complexity index is 493. The van der Waals surface area contributed by atoms with Crippen LogP contribution in [0, 0.1) is 5.41 Å². The lowest BCUT2D eigenvalue weighted by Crippen LogP contribution is -2.23. The van der Waals surface area contributed by atoms with Gasteiger partial charge in [-0.3, -0.25) is 9.36 Å². The van der Waals surface area contributed by atoms with Gasteiger partial charge in [-0.15, -0.1) is 5.10 Å². The summed E-state index contributed by atoms with van der Waals surface area (Å²) in [6.07, 6.45) is 3.31. The van der Waals surface area contributed by atoms with Crippen molar-refractivity contribution >= 4 is 17.7 Å². The Hall–Kier alpha value is -1.24. The highest BCUT2D eigenvalue weighted by atomic mass is 32.2. The Labute approximate surface area is 123 Å². The van der Waals surface area contributed by atoms with Gasteiger partial charge in [0.25, 0.3) is 0 Å². The van der Waals surface area contributed by atoms with Crippen LogP contribution in [-0.4, -0.2) is 31.6 Å². The van der Waals surface area contributed by atoms with Gasteiger partial charge in [-0.1, -0.05) is 25.1 Å². The van der Waals surface area contributed by atoms with E-state index in [1.165, 1.54) is 11.8 Å². The van der Waals surface area contributed by atoms with Gasteiger partial charge in [-0.25, -0.2) is 9.89 Å². The molecule has 0 bridgehead atoms. The molecular weight excluding hydrogens is 278 g/mol. The third-order valence-corrected chi connectivity index (χ3v) is 4.24. The standard InChI is InChI=1S/C13H23N3O3S/c1-4-8-16-11(19)14-15-12(16)20-9-6-5-7-13(2,3)10(17)18/h4-9H2,1-3H3,(H,14,19)(H,17,18). The number of hydrogen-bond acceptors (Lipinski definition) is 4. The van der Waals surface area contributed by atoms with Crippen molar-refractivity contribution in [3.8, 4) is 0 Å². The van der Waals surface area contributed by atoms with Crippen molar-refractivity contribution in [2.24, 2.45) is 5.41 Å². The lowest BCUT2D eigenvalue weighted by atomic mass is 9.88. The predicted molar refractivity (Wildman–Crippen MR) is 79.1 cm³/mol. The first-order chi connectivity index (χ1) is 9.38. The molecular formula is C13H23N3O3S. The maximum atomic E-state index is 11.5. The summed E-state index contributed by atoms with van der Waals surface area (Å²) in [6, 6.07) is 0. The zero-order chi connectivity index (χ0) is 15.2. The van der Waals surface area contributed by atoms with Crippen LogP contribution in [0.1, 0.15) is 46.5 Å². The maximum absolute atomic E-state index is 11.5. The summed E-state index contributed by atoms with van der Waals surface area (Å²) >= 11 is 1.54. The van der Waals surface area contributed by atoms with E-state index in [1.54, 1.807) is 18.4 Å². The molecule has 114 valence electrons. The lowest BCUT2D eigenvalue weighted by Gasteiger charge is -2.18. The fourth-order valence-electron chi connectivity index (χ4n) is 1.77. The van der Waals surface area contributed by atoms with Crippen molar-refractivity contribution in [3.05, 3.63) is 10.5 Å². The van der Waals surface area contributed by atoms with Crippen LogP contribution in [0.2, 0.25) is 0 Å². The number of nitrogens with zero attached hydrogens (tertiary/aromatic N) is 2. The van der Waals surface area contributed by atoms with E-state index in [9.17, 15) is 9.59 Å². The monoisotopic (exact) mass is 301 g/mol. The number of rotatable bonds is 9. The number of thioether (sulfide) groups is 1. The molecule has 0 aromatic carbocycles. The summed E-state index contributed by atoms with van der Waals surface area (Å²) in [5, 5.41) is 16.2. The van der Waals surface area contributed by atoms with E-state index in [-0.39, 0.29) is 5.69 Å². The number of nitrogens with one attached hydrogen (secondary N) is 1. The fraction of sp³-hybridized carbons (Fsp3) is 0.769. The Balaban J connectivity index is 2.35. The van der Waals surface area contributed by atoms with Crippen LogP contribution in [0.5, 0.6) is 0 Å². The number of carboxylic acid groups (broad SMARTS) is 1. The average molecular weight is 301 g/mol. The van der Waals surface area contributed by atoms with E-state index in [1.807, 2.05) is 6.92 Å². The maximum Gasteiger partial charge on any atom is 0.343 e. The molecule has 2 N–H and O–H groups in total. The second-order valence-electron chi connectivity index (χ2n) is 5.46. The minimum atomic E-state index is -0.755. The van der Waals surface area contributed by atoms with Gasteiger partial charge >= 0.3 is 11.7 Å². The van der Waals surface area contributed by atoms with E-state index in [0.717, 1.165) is 25.0 Å². The molecule has 1 aromatic heterocycles. The highest BCUT2D eigenvalue weighted by Crippen LogP contribution is 2.24. The SMILES string of the molecule is CCCn1c(SCCCCC(C)(C)C(=O)O)n[nH]c1=O. The number of unbranched alkanes of at least 4 members (excludes halogenated alkanes) is 1. The molecule has 0 saturated heterocycles. The molecule has 6 nitrogen and oxygen atoms in total. The molecule has 0 spiro atoms. The van der Waals surface area contributed by atoms with Crippen molar-refractivity contribution in [1.82, 2.24) is 14.8 Å². The topological polar surface area (TPSA) is 88.0 Å². The first-order valence-electron chi connectivity index (χ1n) is 6.90. The van der Waals surface area contributed by atoms with Crippen LogP contribution < -0.4 is 5.69 Å². The van der Waals surface area contributed by atoms with Crippen LogP contribution in [0.3, 0.4) is 0 Å². The molecule has 0 aliphatic rings. The average Bonchev–Trinajstić information content (AvgIpc) is 2.71. The molecule has 7 heteroatoms. The van der Waals surface area contributed by atoms with E-state index >= 15 is 0 Å². The molecule has 0 fully saturated rings. The molecule has 1 rings (SSSR count). The number of aromatic amines is 1. The van der Waals surface area contributed by atoms with Crippen molar-refractivity contribution < 1.29 is 9.90 Å². The van der Waals surface area contributed by atoms with E-state index in [4.69, 9.17) is 5.11 Å². The number of hydrogen-bond donors (Lipinski definition) is 2. The van der Waals surface area contributed by atoms with Gasteiger partial charge in [0, 0.05) is 12.3 Å². The summed E-state index contributed by atoms with van der Waals surface area (Å²) in [5.74, 6) is 0.0817. The second kappa shape index (κ2) is 7.52. The zero-order valence-corrected chi connectivity index (χ0v) is 13.1. The molecule has 0 radical (unpaired) electrons. The summed E-state index contributed by atoms with van der Waals surface area (Å²) < 4.78 is 1.64. The van der Waals surface area contributed by atoms with Crippen LogP contribution >= 0.6 is 11.8 Å². The Kier molecular flexibility index (Phi) is 6.32. The molecule has 0 atom stereocenters. The van der Waals surface area contributed by atoms with Gasteiger partial charge in [-0.2, -0.15) is 0 Å². The number of carboxylic acids is 1. The predicted octanol–water partition coefficient (Wildman–Crippen LogP) is 2.35. The van der Waals surface area contributed by atoms with E-state index in [0.29, 0.717) is 18.1 Å². The minimum absolute atomic E-state index is 0.165. The van der Waals surface area contributed by atoms with Crippen molar-refractivity contribution in [2.75, 3.05) is 5.75 Å². The van der Waals surface area contributed by atoms with Crippen LogP contribution in [-0.2, 0) is 11.3 Å². The lowest BCUT2D eigenvalue weighted by molar-refractivity contribution is -0.147. The highest BCUT2D eigenvalue weighted by molar-refractivity contribution is 7.99. The molecule has 1 heterocycles. The Morgan fingerprint density at radius 1 is 1.45 bits per heavy atom. The minimum Gasteiger partial charge on any atom is -0.481 e. The van der Waals surface area contributed by atoms with Gasteiger partial charge in [0.1, 0.15) is 0 Å². The van der Waals surface area contributed by atoms with E-state index < -0.39 is 11.4 Å².